The molecular formula is C35H31BN2. The molecule has 0 bridgehead atoms. The summed E-state index contributed by atoms with van der Waals surface area (Å²) in [7, 11) is 0. The molecule has 7 rings (SSSR count). The van der Waals surface area contributed by atoms with Crippen molar-refractivity contribution in [3.05, 3.63) is 138 Å². The number of benzene rings is 4. The fourth-order valence-corrected chi connectivity index (χ4v) is 6.83. The molecule has 184 valence electrons. The predicted octanol–water partition coefficient (Wildman–Crippen LogP) is 7.96. The van der Waals surface area contributed by atoms with Crippen LogP contribution in [0.15, 0.2) is 138 Å². The van der Waals surface area contributed by atoms with Gasteiger partial charge in [-0.1, -0.05) is 97.7 Å². The van der Waals surface area contributed by atoms with Crippen molar-refractivity contribution < 1.29 is 0 Å². The highest BCUT2D eigenvalue weighted by molar-refractivity contribution is 6.95. The number of rotatable bonds is 3. The molecule has 3 aliphatic rings. The van der Waals surface area contributed by atoms with Gasteiger partial charge in [-0.05, 0) is 72.8 Å². The summed E-state index contributed by atoms with van der Waals surface area (Å²) in [6, 6.07) is 37.5. The van der Waals surface area contributed by atoms with Crippen molar-refractivity contribution in [2.24, 2.45) is 5.41 Å². The quantitative estimate of drug-likeness (QED) is 0.269. The Morgan fingerprint density at radius 1 is 0.658 bits per heavy atom. The van der Waals surface area contributed by atoms with E-state index in [9.17, 15) is 0 Å². The molecule has 1 aliphatic carbocycles. The Bertz CT molecular complexity index is 1660. The van der Waals surface area contributed by atoms with Gasteiger partial charge in [-0.3, -0.25) is 0 Å². The van der Waals surface area contributed by atoms with Gasteiger partial charge in [0.2, 0.25) is 6.71 Å². The van der Waals surface area contributed by atoms with Gasteiger partial charge in [-0.25, -0.2) is 0 Å². The number of anilines is 5. The van der Waals surface area contributed by atoms with Crippen LogP contribution >= 0.6 is 0 Å². The van der Waals surface area contributed by atoms with Gasteiger partial charge in [-0.2, -0.15) is 0 Å². The molecule has 0 radical (unpaired) electrons. The van der Waals surface area contributed by atoms with Crippen LogP contribution in [-0.2, 0) is 0 Å². The predicted molar refractivity (Wildman–Crippen MR) is 163 cm³/mol. The van der Waals surface area contributed by atoms with Gasteiger partial charge < -0.3 is 9.80 Å². The summed E-state index contributed by atoms with van der Waals surface area (Å²) in [4.78, 5) is 4.98. The minimum absolute atomic E-state index is 0.0886. The Hall–Kier alpha value is -4.24. The molecule has 0 amide bonds. The minimum Gasteiger partial charge on any atom is -0.311 e. The van der Waals surface area contributed by atoms with Crippen molar-refractivity contribution in [3.63, 3.8) is 0 Å². The molecule has 2 heterocycles. The fourth-order valence-electron chi connectivity index (χ4n) is 6.83. The second-order valence-electron chi connectivity index (χ2n) is 11.0. The van der Waals surface area contributed by atoms with E-state index in [0.717, 1.165) is 0 Å². The van der Waals surface area contributed by atoms with Crippen molar-refractivity contribution >= 4 is 46.1 Å². The monoisotopic (exact) mass is 490 g/mol. The molecule has 38 heavy (non-hydrogen) atoms. The molecular weight excluding hydrogens is 459 g/mol. The molecule has 2 nitrogen and oxygen atoms in total. The van der Waals surface area contributed by atoms with Crippen molar-refractivity contribution in [1.82, 2.24) is 0 Å². The maximum atomic E-state index is 2.52. The van der Waals surface area contributed by atoms with E-state index in [1.807, 2.05) is 0 Å². The Balaban J connectivity index is 1.62. The van der Waals surface area contributed by atoms with Gasteiger partial charge in [-0.15, -0.1) is 0 Å². The zero-order chi connectivity index (χ0) is 26.0. The second kappa shape index (κ2) is 8.39. The van der Waals surface area contributed by atoms with Crippen LogP contribution < -0.4 is 20.7 Å². The van der Waals surface area contributed by atoms with Crippen molar-refractivity contribution in [2.75, 3.05) is 9.80 Å². The molecule has 3 heteroatoms. The Morgan fingerprint density at radius 3 is 1.87 bits per heavy atom. The zero-order valence-corrected chi connectivity index (χ0v) is 22.4. The largest absolute Gasteiger partial charge is 0.311 e. The molecule has 0 N–H and O–H groups in total. The van der Waals surface area contributed by atoms with Crippen LogP contribution in [0, 0.1) is 5.41 Å². The first-order valence-electron chi connectivity index (χ1n) is 13.5. The lowest BCUT2D eigenvalue weighted by Gasteiger charge is -2.46. The summed E-state index contributed by atoms with van der Waals surface area (Å²) in [5.74, 6) is 0. The van der Waals surface area contributed by atoms with Crippen LogP contribution in [0.5, 0.6) is 0 Å². The highest BCUT2D eigenvalue weighted by Crippen LogP contribution is 2.55. The van der Waals surface area contributed by atoms with Gasteiger partial charge in [0.1, 0.15) is 0 Å². The standard InChI is InChI=1S/C35H31BN2/c1-5-15-27-24(2)35(3,4)34-33(27)38(26-18-10-7-11-19-26)31-23-14-22-30-32(31)36(34)28-20-12-13-21-29(28)37(30)25-16-8-6-9-17-25/h5-23H,1-4H3/b15-5-. The Kier molecular flexibility index (Phi) is 5.06. The number of nitrogens with zero attached hydrogens (tertiary/aromatic N) is 2. The number of para-hydroxylation sites is 3. The third-order valence-corrected chi connectivity index (χ3v) is 8.72. The topological polar surface area (TPSA) is 6.48 Å². The molecule has 0 spiro atoms. The number of hydrogen-bond donors (Lipinski definition) is 0. The number of hydrogen-bond acceptors (Lipinski definition) is 2. The molecule has 0 unspecified atom stereocenters. The third-order valence-electron chi connectivity index (χ3n) is 8.72. The molecule has 4 aromatic carbocycles. The van der Waals surface area contributed by atoms with Crippen LogP contribution in [0.1, 0.15) is 27.7 Å². The number of fused-ring (bicyclic) bond motifs is 3. The van der Waals surface area contributed by atoms with Crippen molar-refractivity contribution in [3.8, 4) is 0 Å². The fraction of sp³-hybridized carbons (Fsp3) is 0.143. The minimum atomic E-state index is -0.0886. The van der Waals surface area contributed by atoms with Crippen molar-refractivity contribution in [2.45, 2.75) is 27.7 Å². The zero-order valence-electron chi connectivity index (χ0n) is 22.4. The lowest BCUT2D eigenvalue weighted by molar-refractivity contribution is 0.572. The summed E-state index contributed by atoms with van der Waals surface area (Å²) < 4.78 is 0. The average Bonchev–Trinajstić information content (AvgIpc) is 3.14. The van der Waals surface area contributed by atoms with E-state index in [1.165, 1.54) is 61.7 Å². The summed E-state index contributed by atoms with van der Waals surface area (Å²) in [5.41, 5.74) is 14.5. The van der Waals surface area contributed by atoms with Gasteiger partial charge in [0.15, 0.2) is 0 Å². The lowest BCUT2D eigenvalue weighted by atomic mass is 9.30. The summed E-state index contributed by atoms with van der Waals surface area (Å²) in [5, 5.41) is 0. The molecule has 0 atom stereocenters. The van der Waals surface area contributed by atoms with E-state index >= 15 is 0 Å². The highest BCUT2D eigenvalue weighted by Gasteiger charge is 2.52. The Morgan fingerprint density at radius 2 is 1.21 bits per heavy atom. The van der Waals surface area contributed by atoms with Crippen molar-refractivity contribution in [1.29, 1.82) is 0 Å². The Labute approximate surface area is 226 Å². The lowest BCUT2D eigenvalue weighted by Crippen LogP contribution is -2.57. The van der Waals surface area contributed by atoms with Crippen LogP contribution in [-0.4, -0.2) is 6.71 Å². The van der Waals surface area contributed by atoms with E-state index in [2.05, 4.69) is 153 Å². The van der Waals surface area contributed by atoms with Crippen LogP contribution in [0.3, 0.4) is 0 Å². The van der Waals surface area contributed by atoms with Crippen LogP contribution in [0.4, 0.5) is 28.4 Å². The van der Waals surface area contributed by atoms with E-state index in [4.69, 9.17) is 0 Å². The van der Waals surface area contributed by atoms with Crippen LogP contribution in [0.2, 0.25) is 0 Å². The normalized spacial score (nSPS) is 17.2. The molecule has 0 aromatic heterocycles. The smallest absolute Gasteiger partial charge is 0.248 e. The molecule has 4 aromatic rings. The summed E-state index contributed by atoms with van der Waals surface area (Å²) in [6.45, 7) is 9.46. The summed E-state index contributed by atoms with van der Waals surface area (Å²) in [6.07, 6.45) is 4.50. The van der Waals surface area contributed by atoms with Gasteiger partial charge in [0, 0.05) is 39.5 Å². The first-order chi connectivity index (χ1) is 18.5. The SMILES string of the molecule is C/C=C\C1=C(C)C(C)(C)C2=C1N(c1ccccc1)c1cccc3c1B2c1ccccc1N3c1ccccc1. The van der Waals surface area contributed by atoms with E-state index < -0.39 is 0 Å². The van der Waals surface area contributed by atoms with E-state index in [-0.39, 0.29) is 12.1 Å². The highest BCUT2D eigenvalue weighted by atomic mass is 15.2. The summed E-state index contributed by atoms with van der Waals surface area (Å²) >= 11 is 0. The average molecular weight is 490 g/mol. The molecule has 2 aliphatic heterocycles. The van der Waals surface area contributed by atoms with Gasteiger partial charge >= 0.3 is 0 Å². The van der Waals surface area contributed by atoms with Gasteiger partial charge in [0.25, 0.3) is 0 Å². The maximum absolute atomic E-state index is 2.52. The first-order valence-corrected chi connectivity index (χ1v) is 13.5. The maximum Gasteiger partial charge on any atom is 0.248 e. The van der Waals surface area contributed by atoms with E-state index in [0.29, 0.717) is 0 Å². The molecule has 0 saturated heterocycles. The second-order valence-corrected chi connectivity index (χ2v) is 11.0. The molecule has 0 fully saturated rings. The van der Waals surface area contributed by atoms with E-state index in [1.54, 1.807) is 0 Å². The number of allylic oxidation sites excluding steroid dienone is 4. The van der Waals surface area contributed by atoms with Gasteiger partial charge in [0.05, 0.1) is 0 Å². The first kappa shape index (κ1) is 22.9. The molecule has 0 saturated carbocycles. The van der Waals surface area contributed by atoms with Crippen LogP contribution in [0.25, 0.3) is 0 Å². The third kappa shape index (κ3) is 3.02.